The summed E-state index contributed by atoms with van der Waals surface area (Å²) in [5.41, 5.74) is 2.72. The van der Waals surface area contributed by atoms with Gasteiger partial charge in [0, 0.05) is 24.9 Å². The maximum Gasteiger partial charge on any atom is 0.137 e. The summed E-state index contributed by atoms with van der Waals surface area (Å²) in [6, 6.07) is 9.31. The van der Waals surface area contributed by atoms with Gasteiger partial charge in [-0.3, -0.25) is 9.69 Å². The number of benzene rings is 1. The van der Waals surface area contributed by atoms with Gasteiger partial charge < -0.3 is 0 Å². The van der Waals surface area contributed by atoms with Gasteiger partial charge in [-0.05, 0) is 44.7 Å². The molecule has 0 N–H and O–H groups in total. The molecule has 1 saturated heterocycles. The van der Waals surface area contributed by atoms with Crippen molar-refractivity contribution in [1.29, 1.82) is 0 Å². The van der Waals surface area contributed by atoms with Crippen molar-refractivity contribution in [3.63, 3.8) is 0 Å². The van der Waals surface area contributed by atoms with Crippen molar-refractivity contribution in [2.75, 3.05) is 6.54 Å². The molecule has 2 fully saturated rings. The van der Waals surface area contributed by atoms with Gasteiger partial charge in [0.1, 0.15) is 5.78 Å². The molecule has 114 valence electrons. The lowest BCUT2D eigenvalue weighted by Crippen LogP contribution is -2.47. The smallest absolute Gasteiger partial charge is 0.137 e. The van der Waals surface area contributed by atoms with E-state index >= 15 is 0 Å². The van der Waals surface area contributed by atoms with Gasteiger partial charge in [0.05, 0.1) is 0 Å². The fourth-order valence-electron chi connectivity index (χ4n) is 4.13. The van der Waals surface area contributed by atoms with E-state index in [0.717, 1.165) is 32.4 Å². The Hall–Kier alpha value is -1.15. The summed E-state index contributed by atoms with van der Waals surface area (Å²) in [5.74, 6) is 0.839. The Morgan fingerprint density at radius 3 is 2.81 bits per heavy atom. The SMILES string of the molecule is Cc1cccc(CN2CCCCC2C2CCCCC2=O)c1. The van der Waals surface area contributed by atoms with Crippen LogP contribution in [0, 0.1) is 12.8 Å². The third-order valence-corrected chi connectivity index (χ3v) is 5.20. The zero-order valence-corrected chi connectivity index (χ0v) is 13.2. The molecule has 0 spiro atoms. The van der Waals surface area contributed by atoms with Crippen LogP contribution in [0.3, 0.4) is 0 Å². The molecule has 1 aromatic rings. The molecule has 0 amide bonds. The molecule has 2 aliphatic rings. The van der Waals surface area contributed by atoms with E-state index in [0.29, 0.717) is 17.7 Å². The molecule has 0 bridgehead atoms. The van der Waals surface area contributed by atoms with Crippen molar-refractivity contribution in [2.45, 2.75) is 64.5 Å². The van der Waals surface area contributed by atoms with E-state index in [4.69, 9.17) is 0 Å². The van der Waals surface area contributed by atoms with Crippen LogP contribution in [0.5, 0.6) is 0 Å². The first kappa shape index (κ1) is 14.8. The minimum atomic E-state index is 0.309. The number of carbonyl (C=O) groups excluding carboxylic acids is 1. The number of Topliss-reactive ketones (excluding diaryl/α,β-unsaturated/α-hetero) is 1. The van der Waals surface area contributed by atoms with E-state index in [2.05, 4.69) is 36.1 Å². The number of likely N-dealkylation sites (tertiary alicyclic amines) is 1. The summed E-state index contributed by atoms with van der Waals surface area (Å²) in [6.45, 7) is 4.32. The molecule has 0 aromatic heterocycles. The van der Waals surface area contributed by atoms with Crippen molar-refractivity contribution in [1.82, 2.24) is 4.90 Å². The van der Waals surface area contributed by atoms with E-state index in [1.807, 2.05) is 0 Å². The van der Waals surface area contributed by atoms with E-state index in [1.54, 1.807) is 0 Å². The number of aryl methyl sites for hydroxylation is 1. The maximum absolute atomic E-state index is 12.3. The van der Waals surface area contributed by atoms with Crippen molar-refractivity contribution >= 4 is 5.78 Å². The molecular formula is C19H27NO. The van der Waals surface area contributed by atoms with E-state index in [-0.39, 0.29) is 0 Å². The van der Waals surface area contributed by atoms with Gasteiger partial charge in [0.2, 0.25) is 0 Å². The van der Waals surface area contributed by atoms with Crippen LogP contribution >= 0.6 is 0 Å². The Morgan fingerprint density at radius 2 is 2.00 bits per heavy atom. The molecule has 1 saturated carbocycles. The monoisotopic (exact) mass is 285 g/mol. The Morgan fingerprint density at radius 1 is 1.14 bits per heavy atom. The molecule has 2 atom stereocenters. The number of rotatable bonds is 3. The van der Waals surface area contributed by atoms with Crippen LogP contribution in [-0.4, -0.2) is 23.3 Å². The topological polar surface area (TPSA) is 20.3 Å². The lowest BCUT2D eigenvalue weighted by molar-refractivity contribution is -0.127. The third kappa shape index (κ3) is 3.55. The molecule has 21 heavy (non-hydrogen) atoms. The van der Waals surface area contributed by atoms with Crippen molar-refractivity contribution in [3.8, 4) is 0 Å². The van der Waals surface area contributed by atoms with Gasteiger partial charge in [-0.1, -0.05) is 42.7 Å². The quantitative estimate of drug-likeness (QED) is 0.833. The molecular weight excluding hydrogens is 258 g/mol. The lowest BCUT2D eigenvalue weighted by atomic mass is 9.79. The van der Waals surface area contributed by atoms with Crippen LogP contribution in [0.25, 0.3) is 0 Å². The summed E-state index contributed by atoms with van der Waals surface area (Å²) in [5, 5.41) is 0. The van der Waals surface area contributed by atoms with Crippen LogP contribution in [0.1, 0.15) is 56.1 Å². The van der Waals surface area contributed by atoms with E-state index < -0.39 is 0 Å². The Bertz CT molecular complexity index is 496. The minimum Gasteiger partial charge on any atom is -0.299 e. The molecule has 1 aliphatic carbocycles. The number of ketones is 1. The molecule has 1 heterocycles. The van der Waals surface area contributed by atoms with Gasteiger partial charge in [0.25, 0.3) is 0 Å². The highest BCUT2D eigenvalue weighted by Crippen LogP contribution is 2.32. The third-order valence-electron chi connectivity index (χ3n) is 5.20. The number of piperidine rings is 1. The van der Waals surface area contributed by atoms with Crippen LogP contribution in [0.4, 0.5) is 0 Å². The highest BCUT2D eigenvalue weighted by Gasteiger charge is 2.35. The van der Waals surface area contributed by atoms with Crippen LogP contribution < -0.4 is 0 Å². The number of hydrogen-bond acceptors (Lipinski definition) is 2. The van der Waals surface area contributed by atoms with E-state index in [9.17, 15) is 4.79 Å². The first-order chi connectivity index (χ1) is 10.2. The molecule has 2 nitrogen and oxygen atoms in total. The van der Waals surface area contributed by atoms with Gasteiger partial charge in [-0.15, -0.1) is 0 Å². The number of carbonyl (C=O) groups is 1. The molecule has 2 heteroatoms. The van der Waals surface area contributed by atoms with Crippen molar-refractivity contribution in [2.24, 2.45) is 5.92 Å². The van der Waals surface area contributed by atoms with Crippen LogP contribution in [0.15, 0.2) is 24.3 Å². The Kier molecular flexibility index (Phi) is 4.74. The normalized spacial score (nSPS) is 27.8. The van der Waals surface area contributed by atoms with Gasteiger partial charge in [-0.25, -0.2) is 0 Å². The van der Waals surface area contributed by atoms with Crippen LogP contribution in [-0.2, 0) is 11.3 Å². The predicted molar refractivity (Wildman–Crippen MR) is 86.2 cm³/mol. The summed E-state index contributed by atoms with van der Waals surface area (Å²) < 4.78 is 0. The second-order valence-electron chi connectivity index (χ2n) is 6.84. The number of nitrogens with zero attached hydrogens (tertiary/aromatic N) is 1. The second-order valence-corrected chi connectivity index (χ2v) is 6.84. The van der Waals surface area contributed by atoms with Crippen LogP contribution in [0.2, 0.25) is 0 Å². The molecule has 1 aromatic carbocycles. The minimum absolute atomic E-state index is 0.309. The summed E-state index contributed by atoms with van der Waals surface area (Å²) in [4.78, 5) is 14.9. The predicted octanol–water partition coefficient (Wildman–Crippen LogP) is 4.11. The lowest BCUT2D eigenvalue weighted by Gasteiger charge is -2.41. The zero-order chi connectivity index (χ0) is 14.7. The van der Waals surface area contributed by atoms with Crippen molar-refractivity contribution < 1.29 is 4.79 Å². The number of hydrogen-bond donors (Lipinski definition) is 0. The summed E-state index contributed by atoms with van der Waals surface area (Å²) in [6.07, 6.45) is 8.07. The molecule has 3 rings (SSSR count). The molecule has 2 unspecified atom stereocenters. The van der Waals surface area contributed by atoms with Crippen molar-refractivity contribution in [3.05, 3.63) is 35.4 Å². The average Bonchev–Trinajstić information content (AvgIpc) is 2.49. The highest BCUT2D eigenvalue weighted by atomic mass is 16.1. The average molecular weight is 285 g/mol. The summed E-state index contributed by atoms with van der Waals surface area (Å²) >= 11 is 0. The maximum atomic E-state index is 12.3. The second kappa shape index (κ2) is 6.74. The standard InChI is InChI=1S/C19H27NO/c1-15-7-6-8-16(13-15)14-20-12-5-4-10-18(20)17-9-2-3-11-19(17)21/h6-8,13,17-18H,2-5,9-12,14H2,1H3. The van der Waals surface area contributed by atoms with Gasteiger partial charge in [0.15, 0.2) is 0 Å². The Labute approximate surface area is 128 Å². The van der Waals surface area contributed by atoms with Gasteiger partial charge in [-0.2, -0.15) is 0 Å². The highest BCUT2D eigenvalue weighted by molar-refractivity contribution is 5.82. The largest absolute Gasteiger partial charge is 0.299 e. The van der Waals surface area contributed by atoms with E-state index in [1.165, 1.54) is 36.8 Å². The Balaban J connectivity index is 1.73. The molecule has 0 radical (unpaired) electrons. The fourth-order valence-corrected chi connectivity index (χ4v) is 4.13. The van der Waals surface area contributed by atoms with Gasteiger partial charge >= 0.3 is 0 Å². The zero-order valence-electron chi connectivity index (χ0n) is 13.2. The summed E-state index contributed by atoms with van der Waals surface area (Å²) in [7, 11) is 0. The fraction of sp³-hybridized carbons (Fsp3) is 0.632. The first-order valence-electron chi connectivity index (χ1n) is 8.56. The molecule has 1 aliphatic heterocycles. The first-order valence-corrected chi connectivity index (χ1v) is 8.56.